The number of carbonyl (C=O) groups excluding carboxylic acids is 4. The number of esters is 1. The number of ketones is 1. The summed E-state index contributed by atoms with van der Waals surface area (Å²) in [5.74, 6) is -2.48. The van der Waals surface area contributed by atoms with E-state index in [-0.39, 0.29) is 28.8 Å². The number of rotatable bonds is 5. The molecule has 0 spiro atoms. The molecular formula is C24H21NO5. The van der Waals surface area contributed by atoms with E-state index in [4.69, 9.17) is 4.74 Å². The molecule has 0 unspecified atom stereocenters. The second-order valence-electron chi connectivity index (χ2n) is 7.46. The summed E-state index contributed by atoms with van der Waals surface area (Å²) in [5, 5.41) is 0. The van der Waals surface area contributed by atoms with Crippen LogP contribution in [0.4, 0.5) is 5.69 Å². The monoisotopic (exact) mass is 403 g/mol. The zero-order chi connectivity index (χ0) is 21.3. The Balaban J connectivity index is 1.58. The maximum atomic E-state index is 12.9. The van der Waals surface area contributed by atoms with Crippen LogP contribution in [0.5, 0.6) is 0 Å². The van der Waals surface area contributed by atoms with Crippen LogP contribution in [0, 0.1) is 11.8 Å². The number of imide groups is 1. The molecule has 0 aromatic heterocycles. The number of nitrogens with zero attached hydrogens (tertiary/aromatic N) is 1. The van der Waals surface area contributed by atoms with Crippen LogP contribution in [0.3, 0.4) is 0 Å². The van der Waals surface area contributed by atoms with Crippen molar-refractivity contribution < 1.29 is 23.9 Å². The number of ether oxygens (including phenoxy) is 1. The maximum Gasteiger partial charge on any atom is 0.340 e. The highest BCUT2D eigenvalue weighted by Gasteiger charge is 2.48. The third kappa shape index (κ3) is 3.45. The molecule has 0 bridgehead atoms. The van der Waals surface area contributed by atoms with Gasteiger partial charge in [-0.15, -0.1) is 0 Å². The Morgan fingerprint density at radius 1 is 0.900 bits per heavy atom. The molecule has 2 aromatic carbocycles. The Labute approximate surface area is 174 Å². The van der Waals surface area contributed by atoms with Crippen LogP contribution in [0.2, 0.25) is 0 Å². The highest BCUT2D eigenvalue weighted by atomic mass is 16.5. The van der Waals surface area contributed by atoms with E-state index in [1.807, 2.05) is 12.2 Å². The van der Waals surface area contributed by atoms with Crippen LogP contribution in [-0.2, 0) is 14.3 Å². The first-order valence-corrected chi connectivity index (χ1v) is 9.91. The maximum absolute atomic E-state index is 12.9. The van der Waals surface area contributed by atoms with E-state index >= 15 is 0 Å². The second kappa shape index (κ2) is 8.06. The number of hydrogen-bond donors (Lipinski definition) is 0. The molecule has 1 saturated heterocycles. The lowest BCUT2D eigenvalue weighted by Gasteiger charge is -2.19. The Morgan fingerprint density at radius 2 is 1.47 bits per heavy atom. The van der Waals surface area contributed by atoms with Crippen molar-refractivity contribution in [3.8, 4) is 0 Å². The Bertz CT molecular complexity index is 1020. The number of hydrogen-bond acceptors (Lipinski definition) is 5. The van der Waals surface area contributed by atoms with Crippen LogP contribution in [0.1, 0.15) is 40.5 Å². The van der Waals surface area contributed by atoms with Crippen LogP contribution in [0.15, 0.2) is 66.7 Å². The molecule has 0 saturated carbocycles. The number of fused-ring (bicyclic) bond motifs is 1. The summed E-state index contributed by atoms with van der Waals surface area (Å²) >= 11 is 0. The van der Waals surface area contributed by atoms with E-state index in [0.717, 1.165) is 4.90 Å². The largest absolute Gasteiger partial charge is 0.451 e. The zero-order valence-electron chi connectivity index (χ0n) is 16.5. The van der Waals surface area contributed by atoms with Crippen molar-refractivity contribution in [1.29, 1.82) is 0 Å². The van der Waals surface area contributed by atoms with Crippen molar-refractivity contribution in [2.24, 2.45) is 11.8 Å². The van der Waals surface area contributed by atoms with Crippen LogP contribution in [0.25, 0.3) is 0 Å². The van der Waals surface area contributed by atoms with Crippen molar-refractivity contribution in [3.63, 3.8) is 0 Å². The third-order valence-electron chi connectivity index (χ3n) is 5.58. The lowest BCUT2D eigenvalue weighted by Crippen LogP contribution is -2.33. The number of para-hydroxylation sites is 1. The number of anilines is 1. The lowest BCUT2D eigenvalue weighted by atomic mass is 9.85. The Kier molecular flexibility index (Phi) is 5.31. The predicted molar refractivity (Wildman–Crippen MR) is 110 cm³/mol. The molecule has 1 heterocycles. The van der Waals surface area contributed by atoms with E-state index in [1.165, 1.54) is 13.0 Å². The first-order chi connectivity index (χ1) is 14.5. The van der Waals surface area contributed by atoms with E-state index < -0.39 is 23.9 Å². The third-order valence-corrected chi connectivity index (χ3v) is 5.58. The van der Waals surface area contributed by atoms with Gasteiger partial charge in [0.05, 0.1) is 23.1 Å². The highest BCUT2D eigenvalue weighted by Crippen LogP contribution is 2.38. The second-order valence-corrected chi connectivity index (χ2v) is 7.46. The summed E-state index contributed by atoms with van der Waals surface area (Å²) < 4.78 is 5.39. The molecule has 0 N–H and O–H groups in total. The van der Waals surface area contributed by atoms with Gasteiger partial charge >= 0.3 is 5.97 Å². The highest BCUT2D eigenvalue weighted by molar-refractivity contribution is 6.24. The average molecular weight is 403 g/mol. The van der Waals surface area contributed by atoms with E-state index in [9.17, 15) is 19.2 Å². The van der Waals surface area contributed by atoms with Gasteiger partial charge in [-0.3, -0.25) is 14.4 Å². The van der Waals surface area contributed by atoms with Gasteiger partial charge in [-0.2, -0.15) is 0 Å². The predicted octanol–water partition coefficient (Wildman–Crippen LogP) is 3.57. The van der Waals surface area contributed by atoms with Crippen LogP contribution in [-0.4, -0.2) is 29.7 Å². The molecule has 6 nitrogen and oxygen atoms in total. The molecule has 30 heavy (non-hydrogen) atoms. The molecule has 3 atom stereocenters. The number of allylic oxidation sites excluding steroid dienone is 2. The quantitative estimate of drug-likeness (QED) is 0.330. The van der Waals surface area contributed by atoms with Crippen molar-refractivity contribution in [1.82, 2.24) is 0 Å². The SMILES string of the molecule is C[C@H](OC(=O)c1ccccc1N1C(=O)[C@@H]2CC=CC[C@H]2C1=O)C(=O)c1ccccc1. The topological polar surface area (TPSA) is 80.8 Å². The standard InChI is InChI=1S/C24H21NO5/c1-15(21(26)16-9-3-2-4-10-16)30-24(29)19-13-7-8-14-20(19)25-22(27)17-11-5-6-12-18(17)23(25)28/h2-10,13-15,17-18H,11-12H2,1H3/t15-,17+,18+/m0/s1. The minimum Gasteiger partial charge on any atom is -0.451 e. The molecule has 0 radical (unpaired) electrons. The van der Waals surface area contributed by atoms with Crippen LogP contribution >= 0.6 is 0 Å². The Hall–Kier alpha value is -3.54. The average Bonchev–Trinajstić information content (AvgIpc) is 3.04. The summed E-state index contributed by atoms with van der Waals surface area (Å²) in [6.45, 7) is 1.50. The van der Waals surface area contributed by atoms with Gasteiger partial charge in [0.1, 0.15) is 0 Å². The summed E-state index contributed by atoms with van der Waals surface area (Å²) in [6.07, 6.45) is 3.84. The van der Waals surface area contributed by atoms with E-state index in [2.05, 4.69) is 0 Å². The van der Waals surface area contributed by atoms with Gasteiger partial charge in [-0.05, 0) is 31.9 Å². The van der Waals surface area contributed by atoms with Crippen molar-refractivity contribution >= 4 is 29.3 Å². The lowest BCUT2D eigenvalue weighted by molar-refractivity contribution is -0.122. The fourth-order valence-corrected chi connectivity index (χ4v) is 3.99. The van der Waals surface area contributed by atoms with Crippen molar-refractivity contribution in [2.75, 3.05) is 4.90 Å². The van der Waals surface area contributed by atoms with Gasteiger partial charge in [0.25, 0.3) is 0 Å². The Morgan fingerprint density at radius 3 is 2.10 bits per heavy atom. The molecule has 2 amide bonds. The van der Waals surface area contributed by atoms with Gasteiger partial charge in [0, 0.05) is 5.56 Å². The van der Waals surface area contributed by atoms with Gasteiger partial charge < -0.3 is 4.74 Å². The van der Waals surface area contributed by atoms with Gasteiger partial charge in [-0.1, -0.05) is 54.6 Å². The van der Waals surface area contributed by atoms with Gasteiger partial charge in [0.15, 0.2) is 6.10 Å². The molecule has 1 aliphatic heterocycles. The molecule has 6 heteroatoms. The van der Waals surface area contributed by atoms with Crippen LogP contribution < -0.4 is 4.90 Å². The number of carbonyl (C=O) groups is 4. The minimum absolute atomic E-state index is 0.0820. The first-order valence-electron chi connectivity index (χ1n) is 9.91. The summed E-state index contributed by atoms with van der Waals surface area (Å²) in [6, 6.07) is 14.9. The first kappa shape index (κ1) is 19.8. The number of amides is 2. The molecule has 152 valence electrons. The van der Waals surface area contributed by atoms with Gasteiger partial charge in [-0.25, -0.2) is 9.69 Å². The fraction of sp³-hybridized carbons (Fsp3) is 0.250. The summed E-state index contributed by atoms with van der Waals surface area (Å²) in [5.41, 5.74) is 0.720. The molecule has 2 aliphatic rings. The molecular weight excluding hydrogens is 382 g/mol. The summed E-state index contributed by atoms with van der Waals surface area (Å²) in [4.78, 5) is 52.3. The van der Waals surface area contributed by atoms with Crippen molar-refractivity contribution in [3.05, 3.63) is 77.9 Å². The van der Waals surface area contributed by atoms with E-state index in [0.29, 0.717) is 18.4 Å². The van der Waals surface area contributed by atoms with E-state index in [1.54, 1.807) is 48.5 Å². The zero-order valence-corrected chi connectivity index (χ0v) is 16.5. The molecule has 1 aliphatic carbocycles. The number of benzene rings is 2. The molecule has 4 rings (SSSR count). The number of Topliss-reactive ketones (excluding diaryl/α,β-unsaturated/α-hetero) is 1. The normalized spacial score (nSPS) is 21.3. The minimum atomic E-state index is -1.01. The van der Waals surface area contributed by atoms with Gasteiger partial charge in [0.2, 0.25) is 17.6 Å². The molecule has 1 fully saturated rings. The van der Waals surface area contributed by atoms with Crippen molar-refractivity contribution in [2.45, 2.75) is 25.9 Å². The molecule has 2 aromatic rings. The fourth-order valence-electron chi connectivity index (χ4n) is 3.99. The smallest absolute Gasteiger partial charge is 0.340 e. The summed E-state index contributed by atoms with van der Waals surface area (Å²) in [7, 11) is 0.